The molecular formula is C16H21N5O. The van der Waals surface area contributed by atoms with Gasteiger partial charge in [0.1, 0.15) is 0 Å². The van der Waals surface area contributed by atoms with Gasteiger partial charge < -0.3 is 14.0 Å². The second kappa shape index (κ2) is 9.93. The lowest BCUT2D eigenvalue weighted by Crippen LogP contribution is -2.16. The first-order valence-corrected chi connectivity index (χ1v) is 6.83. The molecule has 6 nitrogen and oxygen atoms in total. The Hall–Kier alpha value is -2.89. The van der Waals surface area contributed by atoms with Crippen LogP contribution in [0, 0.1) is 0 Å². The maximum atomic E-state index is 10.7. The van der Waals surface area contributed by atoms with E-state index in [9.17, 15) is 4.79 Å². The third-order valence-corrected chi connectivity index (χ3v) is 2.80. The van der Waals surface area contributed by atoms with Gasteiger partial charge >= 0.3 is 0 Å². The van der Waals surface area contributed by atoms with Gasteiger partial charge in [0.15, 0.2) is 0 Å². The third-order valence-electron chi connectivity index (χ3n) is 2.80. The molecule has 0 bridgehead atoms. The standard InChI is InChI=1S/C6H9NO.2C5H6N2/c1-2-7-5-3-4-6(7)8;2*1-2-7-4-3-6-5-7/h2H,1,3-5H2;2*2-5H,1H2. The quantitative estimate of drug-likeness (QED) is 0.875. The van der Waals surface area contributed by atoms with Crippen LogP contribution >= 0.6 is 0 Å². The van der Waals surface area contributed by atoms with Gasteiger partial charge in [0.25, 0.3) is 0 Å². The predicted molar refractivity (Wildman–Crippen MR) is 88.4 cm³/mol. The predicted octanol–water partition coefficient (Wildman–Crippen LogP) is 2.72. The molecule has 0 saturated carbocycles. The fourth-order valence-electron chi connectivity index (χ4n) is 1.62. The van der Waals surface area contributed by atoms with E-state index in [1.165, 1.54) is 0 Å². The van der Waals surface area contributed by atoms with E-state index < -0.39 is 0 Å². The van der Waals surface area contributed by atoms with Crippen molar-refractivity contribution in [3.05, 3.63) is 63.4 Å². The van der Waals surface area contributed by atoms with Gasteiger partial charge in [-0.25, -0.2) is 9.97 Å². The van der Waals surface area contributed by atoms with Gasteiger partial charge in [0.05, 0.1) is 12.7 Å². The number of amides is 1. The first kappa shape index (κ1) is 17.2. The van der Waals surface area contributed by atoms with Crippen molar-refractivity contribution in [1.29, 1.82) is 0 Å². The molecule has 116 valence electrons. The van der Waals surface area contributed by atoms with Crippen LogP contribution in [0.25, 0.3) is 12.4 Å². The number of nitrogens with zero attached hydrogens (tertiary/aromatic N) is 5. The van der Waals surface area contributed by atoms with Gasteiger partial charge in [-0.05, 0) is 12.6 Å². The topological polar surface area (TPSA) is 56.0 Å². The highest BCUT2D eigenvalue weighted by atomic mass is 16.2. The summed E-state index contributed by atoms with van der Waals surface area (Å²) >= 11 is 0. The monoisotopic (exact) mass is 299 g/mol. The fraction of sp³-hybridized carbons (Fsp3) is 0.188. The average molecular weight is 299 g/mol. The largest absolute Gasteiger partial charge is 0.320 e. The highest BCUT2D eigenvalue weighted by Crippen LogP contribution is 2.08. The maximum absolute atomic E-state index is 10.7. The minimum atomic E-state index is 0.208. The van der Waals surface area contributed by atoms with Crippen molar-refractivity contribution in [2.45, 2.75) is 12.8 Å². The first-order chi connectivity index (χ1) is 10.7. The molecule has 3 rings (SSSR count). The molecule has 0 aromatic carbocycles. The maximum Gasteiger partial charge on any atom is 0.226 e. The lowest BCUT2D eigenvalue weighted by atomic mass is 10.4. The second-order valence-corrected chi connectivity index (χ2v) is 4.26. The molecule has 2 aromatic rings. The van der Waals surface area contributed by atoms with E-state index in [0.29, 0.717) is 6.42 Å². The van der Waals surface area contributed by atoms with Gasteiger partial charge in [-0.2, -0.15) is 0 Å². The van der Waals surface area contributed by atoms with Crippen LogP contribution in [0.2, 0.25) is 0 Å². The van der Waals surface area contributed by atoms with Crippen LogP contribution in [-0.4, -0.2) is 36.5 Å². The highest BCUT2D eigenvalue weighted by molar-refractivity contribution is 5.78. The minimum Gasteiger partial charge on any atom is -0.320 e. The van der Waals surface area contributed by atoms with E-state index in [0.717, 1.165) is 13.0 Å². The minimum absolute atomic E-state index is 0.208. The lowest BCUT2D eigenvalue weighted by Gasteiger charge is -2.05. The molecule has 6 heteroatoms. The van der Waals surface area contributed by atoms with Crippen LogP contribution in [0.3, 0.4) is 0 Å². The second-order valence-electron chi connectivity index (χ2n) is 4.26. The summed E-state index contributed by atoms with van der Waals surface area (Å²) in [6.07, 6.45) is 17.1. The summed E-state index contributed by atoms with van der Waals surface area (Å²) in [5.41, 5.74) is 0. The summed E-state index contributed by atoms with van der Waals surface area (Å²) in [7, 11) is 0. The van der Waals surface area contributed by atoms with Crippen LogP contribution in [0.1, 0.15) is 12.8 Å². The number of imidazole rings is 2. The number of likely N-dealkylation sites (tertiary alicyclic amines) is 1. The van der Waals surface area contributed by atoms with E-state index in [1.807, 2.05) is 12.4 Å². The van der Waals surface area contributed by atoms with E-state index in [2.05, 4.69) is 29.7 Å². The molecular weight excluding hydrogens is 278 g/mol. The van der Waals surface area contributed by atoms with E-state index in [4.69, 9.17) is 0 Å². The number of rotatable bonds is 3. The van der Waals surface area contributed by atoms with Crippen molar-refractivity contribution in [2.24, 2.45) is 0 Å². The van der Waals surface area contributed by atoms with Gasteiger partial charge in [-0.1, -0.05) is 19.7 Å². The van der Waals surface area contributed by atoms with Crippen molar-refractivity contribution in [3.8, 4) is 0 Å². The first-order valence-electron chi connectivity index (χ1n) is 6.83. The van der Waals surface area contributed by atoms with Crippen molar-refractivity contribution in [3.63, 3.8) is 0 Å². The van der Waals surface area contributed by atoms with Crippen LogP contribution in [-0.2, 0) is 4.79 Å². The Morgan fingerprint density at radius 2 is 1.50 bits per heavy atom. The molecule has 22 heavy (non-hydrogen) atoms. The third kappa shape index (κ3) is 6.04. The molecule has 2 aromatic heterocycles. The summed E-state index contributed by atoms with van der Waals surface area (Å²) in [4.78, 5) is 19.9. The Kier molecular flexibility index (Phi) is 7.74. The van der Waals surface area contributed by atoms with E-state index in [-0.39, 0.29) is 5.91 Å². The molecule has 0 atom stereocenters. The molecule has 1 fully saturated rings. The van der Waals surface area contributed by atoms with E-state index >= 15 is 0 Å². The molecule has 0 spiro atoms. The molecule has 3 heterocycles. The van der Waals surface area contributed by atoms with Crippen molar-refractivity contribution < 1.29 is 4.79 Å². The van der Waals surface area contributed by atoms with Crippen LogP contribution < -0.4 is 0 Å². The van der Waals surface area contributed by atoms with Crippen LogP contribution in [0.15, 0.2) is 63.4 Å². The zero-order valence-corrected chi connectivity index (χ0v) is 12.6. The zero-order valence-electron chi connectivity index (χ0n) is 12.6. The highest BCUT2D eigenvalue weighted by Gasteiger charge is 2.15. The summed E-state index contributed by atoms with van der Waals surface area (Å²) in [5, 5.41) is 0. The van der Waals surface area contributed by atoms with Crippen molar-refractivity contribution >= 4 is 18.3 Å². The van der Waals surface area contributed by atoms with Gasteiger partial charge in [-0.3, -0.25) is 4.79 Å². The fourth-order valence-corrected chi connectivity index (χ4v) is 1.62. The molecule has 0 radical (unpaired) electrons. The summed E-state index contributed by atoms with van der Waals surface area (Å²) in [6, 6.07) is 0. The molecule has 0 N–H and O–H groups in total. The number of aromatic nitrogens is 4. The summed E-state index contributed by atoms with van der Waals surface area (Å²) < 4.78 is 3.56. The Morgan fingerprint density at radius 3 is 1.68 bits per heavy atom. The van der Waals surface area contributed by atoms with E-state index in [1.54, 1.807) is 57.7 Å². The van der Waals surface area contributed by atoms with Crippen LogP contribution in [0.4, 0.5) is 0 Å². The average Bonchev–Trinajstić information content (AvgIpc) is 3.30. The van der Waals surface area contributed by atoms with Gasteiger partial charge in [-0.15, -0.1) is 0 Å². The van der Waals surface area contributed by atoms with Gasteiger partial charge in [0.2, 0.25) is 5.91 Å². The number of carbonyl (C=O) groups is 1. The Balaban J connectivity index is 0.000000166. The Labute approximate surface area is 130 Å². The number of hydrogen-bond acceptors (Lipinski definition) is 3. The summed E-state index contributed by atoms with van der Waals surface area (Å²) in [5.74, 6) is 0.208. The number of carbonyl (C=O) groups excluding carboxylic acids is 1. The molecule has 0 aliphatic carbocycles. The van der Waals surface area contributed by atoms with Crippen molar-refractivity contribution in [1.82, 2.24) is 24.0 Å². The molecule has 1 saturated heterocycles. The van der Waals surface area contributed by atoms with Crippen LogP contribution in [0.5, 0.6) is 0 Å². The van der Waals surface area contributed by atoms with Gasteiger partial charge in [0, 0.05) is 50.2 Å². The normalized spacial score (nSPS) is 12.5. The smallest absolute Gasteiger partial charge is 0.226 e. The molecule has 0 unspecified atom stereocenters. The van der Waals surface area contributed by atoms with Crippen molar-refractivity contribution in [2.75, 3.05) is 6.54 Å². The Morgan fingerprint density at radius 1 is 0.955 bits per heavy atom. The Bertz CT molecular complexity index is 533. The molecule has 1 amide bonds. The number of hydrogen-bond donors (Lipinski definition) is 0. The molecule has 1 aliphatic heterocycles. The molecule has 1 aliphatic rings. The SMILES string of the molecule is C=CN1CCCC1=O.C=Cn1ccnc1.C=Cn1ccnc1. The lowest BCUT2D eigenvalue weighted by molar-refractivity contribution is -0.125. The summed E-state index contributed by atoms with van der Waals surface area (Å²) in [6.45, 7) is 11.4. The zero-order chi connectivity index (χ0) is 16.2.